The van der Waals surface area contributed by atoms with Gasteiger partial charge in [0.2, 0.25) is 0 Å². The van der Waals surface area contributed by atoms with Crippen LogP contribution >= 0.6 is 0 Å². The summed E-state index contributed by atoms with van der Waals surface area (Å²) in [6, 6.07) is 0. The number of nitrogens with zero attached hydrogens (tertiary/aromatic N) is 1. The molecule has 0 unspecified atom stereocenters. The van der Waals surface area contributed by atoms with Crippen molar-refractivity contribution in [2.45, 2.75) is 52.9 Å². The number of dihydropyridines is 1. The second-order valence-electron chi connectivity index (χ2n) is 6.54. The Bertz CT molecular complexity index is 446. The van der Waals surface area contributed by atoms with Gasteiger partial charge in [-0.25, -0.2) is 0 Å². The summed E-state index contributed by atoms with van der Waals surface area (Å²) < 4.78 is 0. The molecule has 0 saturated heterocycles. The van der Waals surface area contributed by atoms with Gasteiger partial charge in [-0.05, 0) is 45.6 Å². The van der Waals surface area contributed by atoms with Gasteiger partial charge in [-0.2, -0.15) is 0 Å². The number of hydrogen-bond acceptors (Lipinski definition) is 4. The quantitative estimate of drug-likeness (QED) is 0.613. The van der Waals surface area contributed by atoms with Crippen LogP contribution in [0.5, 0.6) is 0 Å². The lowest BCUT2D eigenvalue weighted by molar-refractivity contribution is -0.439. The molecule has 2 N–H and O–H groups in total. The number of nitrogens with one attached hydrogen (secondary N) is 2. The maximum Gasteiger partial charge on any atom is 0.295 e. The second-order valence-corrected chi connectivity index (χ2v) is 6.54. The van der Waals surface area contributed by atoms with Crippen molar-refractivity contribution in [2.24, 2.45) is 11.3 Å². The normalized spacial score (nSPS) is 23.1. The van der Waals surface area contributed by atoms with Crippen molar-refractivity contribution in [3.63, 3.8) is 0 Å². The van der Waals surface area contributed by atoms with E-state index in [1.54, 1.807) is 0 Å². The van der Waals surface area contributed by atoms with Gasteiger partial charge in [-0.3, -0.25) is 10.1 Å². The molecule has 112 valence electrons. The molecule has 0 aromatic rings. The van der Waals surface area contributed by atoms with Crippen LogP contribution in [-0.2, 0) is 0 Å². The van der Waals surface area contributed by atoms with Crippen molar-refractivity contribution < 1.29 is 4.92 Å². The molecular formula is C15H25N3O2. The van der Waals surface area contributed by atoms with E-state index in [1.165, 1.54) is 32.1 Å². The molecule has 1 heterocycles. The van der Waals surface area contributed by atoms with Gasteiger partial charge in [0.05, 0.1) is 10.3 Å². The molecule has 1 fully saturated rings. The van der Waals surface area contributed by atoms with Gasteiger partial charge in [-0.1, -0.05) is 19.3 Å². The smallest absolute Gasteiger partial charge is 0.295 e. The third kappa shape index (κ3) is 3.32. The topological polar surface area (TPSA) is 67.2 Å². The molecule has 20 heavy (non-hydrogen) atoms. The van der Waals surface area contributed by atoms with Crippen molar-refractivity contribution in [1.82, 2.24) is 10.6 Å². The minimum atomic E-state index is -0.548. The molecule has 1 saturated carbocycles. The highest BCUT2D eigenvalue weighted by atomic mass is 16.6. The third-order valence-corrected chi connectivity index (χ3v) is 4.22. The molecule has 1 aliphatic heterocycles. The summed E-state index contributed by atoms with van der Waals surface area (Å²) in [5.74, 6) is 1.21. The van der Waals surface area contributed by atoms with E-state index in [2.05, 4.69) is 10.6 Å². The summed E-state index contributed by atoms with van der Waals surface area (Å²) in [5.41, 5.74) is 0.652. The average Bonchev–Trinajstić information content (AvgIpc) is 2.35. The van der Waals surface area contributed by atoms with Gasteiger partial charge in [0, 0.05) is 12.2 Å². The van der Waals surface area contributed by atoms with E-state index < -0.39 is 5.41 Å². The van der Waals surface area contributed by atoms with Gasteiger partial charge >= 0.3 is 0 Å². The van der Waals surface area contributed by atoms with Crippen LogP contribution in [0.15, 0.2) is 23.3 Å². The first-order chi connectivity index (χ1) is 9.40. The Morgan fingerprint density at radius 2 is 2.05 bits per heavy atom. The first kappa shape index (κ1) is 14.9. The summed E-state index contributed by atoms with van der Waals surface area (Å²) >= 11 is 0. The number of allylic oxidation sites excluding steroid dienone is 2. The Morgan fingerprint density at radius 3 is 2.65 bits per heavy atom. The highest BCUT2D eigenvalue weighted by molar-refractivity contribution is 5.28. The molecule has 2 aliphatic rings. The molecular weight excluding hydrogens is 254 g/mol. The largest absolute Gasteiger partial charge is 0.366 e. The Balaban J connectivity index is 2.11. The van der Waals surface area contributed by atoms with Crippen molar-refractivity contribution >= 4 is 0 Å². The molecule has 0 atom stereocenters. The number of hydrogen-bond donors (Lipinski definition) is 2. The Kier molecular flexibility index (Phi) is 4.35. The van der Waals surface area contributed by atoms with Gasteiger partial charge in [0.1, 0.15) is 0 Å². The van der Waals surface area contributed by atoms with Gasteiger partial charge in [0.25, 0.3) is 5.70 Å². The lowest BCUT2D eigenvalue weighted by Gasteiger charge is -2.29. The van der Waals surface area contributed by atoms with E-state index in [0.29, 0.717) is 11.7 Å². The molecule has 0 aromatic heterocycles. The minimum absolute atomic E-state index is 0.235. The van der Waals surface area contributed by atoms with E-state index >= 15 is 0 Å². The zero-order valence-corrected chi connectivity index (χ0v) is 12.7. The van der Waals surface area contributed by atoms with Crippen LogP contribution in [0.25, 0.3) is 0 Å². The number of rotatable bonds is 4. The van der Waals surface area contributed by atoms with Crippen LogP contribution in [0.1, 0.15) is 52.9 Å². The fraction of sp³-hybridized carbons (Fsp3) is 0.733. The minimum Gasteiger partial charge on any atom is -0.366 e. The fourth-order valence-electron chi connectivity index (χ4n) is 3.32. The van der Waals surface area contributed by atoms with Crippen LogP contribution in [0.4, 0.5) is 0 Å². The molecule has 0 aromatic carbocycles. The van der Waals surface area contributed by atoms with Crippen molar-refractivity contribution in [3.8, 4) is 0 Å². The molecule has 0 radical (unpaired) electrons. The molecule has 0 amide bonds. The zero-order chi connectivity index (χ0) is 14.8. The summed E-state index contributed by atoms with van der Waals surface area (Å²) in [7, 11) is 0. The summed E-state index contributed by atoms with van der Waals surface area (Å²) in [6.45, 7) is 6.54. The maximum atomic E-state index is 11.4. The highest BCUT2D eigenvalue weighted by Crippen LogP contribution is 2.34. The average molecular weight is 279 g/mol. The third-order valence-electron chi connectivity index (χ3n) is 4.22. The predicted molar refractivity (Wildman–Crippen MR) is 79.3 cm³/mol. The van der Waals surface area contributed by atoms with Crippen LogP contribution in [-0.4, -0.2) is 11.5 Å². The lowest BCUT2D eigenvalue weighted by atomic mass is 9.85. The lowest BCUT2D eigenvalue weighted by Crippen LogP contribution is -2.39. The Labute approximate surface area is 120 Å². The molecule has 2 rings (SSSR count). The van der Waals surface area contributed by atoms with E-state index in [4.69, 9.17) is 0 Å². The number of nitro groups is 1. The van der Waals surface area contributed by atoms with Crippen molar-refractivity contribution in [1.29, 1.82) is 0 Å². The Hall–Kier alpha value is -1.52. The molecule has 0 spiro atoms. The summed E-state index contributed by atoms with van der Waals surface area (Å²) in [6.07, 6.45) is 8.26. The fourth-order valence-corrected chi connectivity index (χ4v) is 3.32. The first-order valence-corrected chi connectivity index (χ1v) is 7.49. The SMILES string of the molecule is CC1=CC(C)(C)C([N+](=O)[O-])=C(NCC2CCCCC2)N1. The Morgan fingerprint density at radius 1 is 1.40 bits per heavy atom. The van der Waals surface area contributed by atoms with Crippen LogP contribution in [0, 0.1) is 21.4 Å². The van der Waals surface area contributed by atoms with Gasteiger partial charge in [-0.15, -0.1) is 0 Å². The second kappa shape index (κ2) is 5.85. The van der Waals surface area contributed by atoms with E-state index in [1.807, 2.05) is 26.8 Å². The van der Waals surface area contributed by atoms with E-state index in [-0.39, 0.29) is 10.6 Å². The van der Waals surface area contributed by atoms with Gasteiger partial charge < -0.3 is 10.6 Å². The maximum absolute atomic E-state index is 11.4. The van der Waals surface area contributed by atoms with Crippen LogP contribution < -0.4 is 10.6 Å². The van der Waals surface area contributed by atoms with Crippen molar-refractivity contribution in [2.75, 3.05) is 6.54 Å². The van der Waals surface area contributed by atoms with Gasteiger partial charge in [0.15, 0.2) is 5.82 Å². The zero-order valence-electron chi connectivity index (χ0n) is 12.7. The molecule has 1 aliphatic carbocycles. The van der Waals surface area contributed by atoms with E-state index in [0.717, 1.165) is 12.2 Å². The van der Waals surface area contributed by atoms with Crippen molar-refractivity contribution in [3.05, 3.63) is 33.4 Å². The monoisotopic (exact) mass is 279 g/mol. The highest BCUT2D eigenvalue weighted by Gasteiger charge is 2.38. The van der Waals surface area contributed by atoms with E-state index in [9.17, 15) is 10.1 Å². The summed E-state index contributed by atoms with van der Waals surface area (Å²) in [4.78, 5) is 11.1. The van der Waals surface area contributed by atoms with Crippen LogP contribution in [0.3, 0.4) is 0 Å². The first-order valence-electron chi connectivity index (χ1n) is 7.49. The molecule has 5 heteroatoms. The molecule has 5 nitrogen and oxygen atoms in total. The van der Waals surface area contributed by atoms with Crippen LogP contribution in [0.2, 0.25) is 0 Å². The predicted octanol–water partition coefficient (Wildman–Crippen LogP) is 3.14. The summed E-state index contributed by atoms with van der Waals surface area (Å²) in [5, 5.41) is 17.8. The standard InChI is InChI=1S/C15H25N3O2/c1-11-9-15(2,3)13(18(19)20)14(17-11)16-10-12-7-5-4-6-8-12/h9,12,16-17H,4-8,10H2,1-3H3. The molecule has 0 bridgehead atoms.